The minimum atomic E-state index is -3.96. The van der Waals surface area contributed by atoms with Gasteiger partial charge in [-0.2, -0.15) is 4.31 Å². The first-order valence-electron chi connectivity index (χ1n) is 5.85. The Kier molecular flexibility index (Phi) is 5.39. The van der Waals surface area contributed by atoms with Crippen molar-refractivity contribution in [3.63, 3.8) is 0 Å². The van der Waals surface area contributed by atoms with Gasteiger partial charge in [-0.05, 0) is 31.2 Å². The molecule has 0 saturated carbocycles. The van der Waals surface area contributed by atoms with Crippen LogP contribution in [0.3, 0.4) is 0 Å². The number of amides is 1. The number of rotatable bonds is 6. The van der Waals surface area contributed by atoms with Crippen LogP contribution in [-0.4, -0.2) is 44.3 Å². The van der Waals surface area contributed by atoms with E-state index in [-0.39, 0.29) is 4.90 Å². The Labute approximate surface area is 121 Å². The van der Waals surface area contributed by atoms with Gasteiger partial charge in [-0.3, -0.25) is 9.59 Å². The van der Waals surface area contributed by atoms with Crippen LogP contribution in [0.1, 0.15) is 6.92 Å². The van der Waals surface area contributed by atoms with E-state index in [2.05, 4.69) is 4.74 Å². The summed E-state index contributed by atoms with van der Waals surface area (Å²) >= 11 is 0. The van der Waals surface area contributed by atoms with E-state index in [4.69, 9.17) is 5.73 Å². The lowest BCUT2D eigenvalue weighted by molar-refractivity contribution is -0.153. The highest BCUT2D eigenvalue weighted by Crippen LogP contribution is 2.14. The Balaban J connectivity index is 2.78. The van der Waals surface area contributed by atoms with Crippen molar-refractivity contribution in [1.29, 1.82) is 0 Å². The van der Waals surface area contributed by atoms with Crippen LogP contribution in [0.15, 0.2) is 29.2 Å². The predicted molar refractivity (Wildman–Crippen MR) is 71.0 cm³/mol. The van der Waals surface area contributed by atoms with Gasteiger partial charge in [0.25, 0.3) is 5.91 Å². The zero-order valence-corrected chi connectivity index (χ0v) is 12.3. The highest BCUT2D eigenvalue weighted by Gasteiger charge is 2.25. The van der Waals surface area contributed by atoms with Gasteiger partial charge in [-0.25, -0.2) is 12.8 Å². The van der Waals surface area contributed by atoms with Crippen LogP contribution < -0.4 is 5.73 Å². The maximum Gasteiger partial charge on any atom is 0.322 e. The Morgan fingerprint density at radius 1 is 1.33 bits per heavy atom. The summed E-state index contributed by atoms with van der Waals surface area (Å²) in [7, 11) is -2.80. The lowest BCUT2D eigenvalue weighted by Crippen LogP contribution is -2.37. The molecule has 0 aliphatic carbocycles. The maximum atomic E-state index is 12.8. The van der Waals surface area contributed by atoms with E-state index in [1.165, 1.54) is 6.92 Å². The van der Waals surface area contributed by atoms with Crippen LogP contribution >= 0.6 is 0 Å². The number of benzene rings is 1. The molecule has 0 fully saturated rings. The number of sulfonamides is 1. The first kappa shape index (κ1) is 17.1. The summed E-state index contributed by atoms with van der Waals surface area (Å²) in [6.07, 6.45) is -1.15. The van der Waals surface area contributed by atoms with Gasteiger partial charge in [0.15, 0.2) is 6.10 Å². The molecule has 1 aromatic rings. The molecule has 1 atom stereocenters. The second-order valence-corrected chi connectivity index (χ2v) is 6.29. The summed E-state index contributed by atoms with van der Waals surface area (Å²) in [5.74, 6) is -2.34. The first-order chi connectivity index (χ1) is 9.64. The molecule has 2 N–H and O–H groups in total. The first-order valence-corrected chi connectivity index (χ1v) is 7.29. The quantitative estimate of drug-likeness (QED) is 0.735. The monoisotopic (exact) mass is 318 g/mol. The standard InChI is InChI=1S/C12H15FN2O5S/c1-8(12(14)17)20-11(16)7-15(2)21(18,19)10-5-3-9(13)4-6-10/h3-6,8H,7H2,1-2H3,(H2,14,17)/t8-/m0/s1. The zero-order valence-electron chi connectivity index (χ0n) is 11.4. The van der Waals surface area contributed by atoms with E-state index in [0.29, 0.717) is 0 Å². The Bertz CT molecular complexity index is 630. The molecular weight excluding hydrogens is 303 g/mol. The van der Waals surface area contributed by atoms with E-state index in [1.807, 2.05) is 0 Å². The van der Waals surface area contributed by atoms with Crippen molar-refractivity contribution in [2.75, 3.05) is 13.6 Å². The minimum Gasteiger partial charge on any atom is -0.452 e. The van der Waals surface area contributed by atoms with Gasteiger partial charge in [0.05, 0.1) is 4.90 Å². The number of hydrogen-bond donors (Lipinski definition) is 1. The summed E-state index contributed by atoms with van der Waals surface area (Å²) in [6, 6.07) is 4.15. The summed E-state index contributed by atoms with van der Waals surface area (Å²) in [4.78, 5) is 22.1. The molecule has 1 rings (SSSR count). The number of esters is 1. The topological polar surface area (TPSA) is 107 Å². The molecule has 0 spiro atoms. The van der Waals surface area contributed by atoms with Crippen molar-refractivity contribution in [3.05, 3.63) is 30.1 Å². The molecule has 0 radical (unpaired) electrons. The number of halogens is 1. The van der Waals surface area contributed by atoms with Gasteiger partial charge in [-0.15, -0.1) is 0 Å². The summed E-state index contributed by atoms with van der Waals surface area (Å²) < 4.78 is 42.4. The number of likely N-dealkylation sites (N-methyl/N-ethyl adjacent to an activating group) is 1. The third-order valence-corrected chi connectivity index (χ3v) is 4.40. The average molecular weight is 318 g/mol. The molecule has 1 amide bonds. The molecule has 0 heterocycles. The molecule has 7 nitrogen and oxygen atoms in total. The smallest absolute Gasteiger partial charge is 0.322 e. The van der Waals surface area contributed by atoms with Gasteiger partial charge >= 0.3 is 5.97 Å². The summed E-state index contributed by atoms with van der Waals surface area (Å²) in [5, 5.41) is 0. The average Bonchev–Trinajstić information content (AvgIpc) is 2.38. The third kappa shape index (κ3) is 4.50. The molecule has 9 heteroatoms. The van der Waals surface area contributed by atoms with E-state index < -0.39 is 40.4 Å². The van der Waals surface area contributed by atoms with Gasteiger partial charge in [0.2, 0.25) is 10.0 Å². The summed E-state index contributed by atoms with van der Waals surface area (Å²) in [6.45, 7) is 0.673. The number of carbonyl (C=O) groups is 2. The Hall–Kier alpha value is -2.00. The van der Waals surface area contributed by atoms with E-state index in [9.17, 15) is 22.4 Å². The van der Waals surface area contributed by atoms with Crippen molar-refractivity contribution in [3.8, 4) is 0 Å². The van der Waals surface area contributed by atoms with Crippen LogP contribution in [0.4, 0.5) is 4.39 Å². The zero-order chi connectivity index (χ0) is 16.2. The normalized spacial score (nSPS) is 13.0. The fourth-order valence-electron chi connectivity index (χ4n) is 1.35. The summed E-state index contributed by atoms with van der Waals surface area (Å²) in [5.41, 5.74) is 4.92. The van der Waals surface area contributed by atoms with E-state index in [0.717, 1.165) is 35.6 Å². The molecule has 0 unspecified atom stereocenters. The lowest BCUT2D eigenvalue weighted by Gasteiger charge is -2.17. The fourth-order valence-corrected chi connectivity index (χ4v) is 2.46. The largest absolute Gasteiger partial charge is 0.452 e. The number of primary amides is 1. The van der Waals surface area contributed by atoms with Crippen LogP contribution in [0.25, 0.3) is 0 Å². The van der Waals surface area contributed by atoms with Crippen LogP contribution in [-0.2, 0) is 24.3 Å². The maximum absolute atomic E-state index is 12.8. The lowest BCUT2D eigenvalue weighted by atomic mass is 10.4. The molecule has 0 bridgehead atoms. The molecule has 21 heavy (non-hydrogen) atoms. The predicted octanol–water partition coefficient (Wildman–Crippen LogP) is -0.137. The second kappa shape index (κ2) is 6.64. The Morgan fingerprint density at radius 3 is 2.33 bits per heavy atom. The van der Waals surface area contributed by atoms with E-state index >= 15 is 0 Å². The van der Waals surface area contributed by atoms with Crippen molar-refractivity contribution in [1.82, 2.24) is 4.31 Å². The molecular formula is C12H15FN2O5S. The number of carbonyl (C=O) groups excluding carboxylic acids is 2. The second-order valence-electron chi connectivity index (χ2n) is 4.25. The fraction of sp³-hybridized carbons (Fsp3) is 0.333. The molecule has 0 aliphatic rings. The minimum absolute atomic E-state index is 0.165. The molecule has 1 aromatic carbocycles. The third-order valence-electron chi connectivity index (χ3n) is 2.58. The molecule has 0 aliphatic heterocycles. The molecule has 116 valence electrons. The van der Waals surface area contributed by atoms with Gasteiger partial charge < -0.3 is 10.5 Å². The number of nitrogens with zero attached hydrogens (tertiary/aromatic N) is 1. The van der Waals surface area contributed by atoms with Crippen LogP contribution in [0.5, 0.6) is 0 Å². The van der Waals surface area contributed by atoms with Gasteiger partial charge in [0.1, 0.15) is 12.4 Å². The Morgan fingerprint density at radius 2 is 1.86 bits per heavy atom. The number of nitrogens with two attached hydrogens (primary N) is 1. The van der Waals surface area contributed by atoms with Crippen LogP contribution in [0.2, 0.25) is 0 Å². The number of hydrogen-bond acceptors (Lipinski definition) is 5. The SMILES string of the molecule is C[C@H](OC(=O)CN(C)S(=O)(=O)c1ccc(F)cc1)C(N)=O. The van der Waals surface area contributed by atoms with E-state index in [1.54, 1.807) is 0 Å². The van der Waals surface area contributed by atoms with Crippen molar-refractivity contribution in [2.24, 2.45) is 5.73 Å². The van der Waals surface area contributed by atoms with Crippen molar-refractivity contribution in [2.45, 2.75) is 17.9 Å². The van der Waals surface area contributed by atoms with Crippen LogP contribution in [0, 0.1) is 5.82 Å². The van der Waals surface area contributed by atoms with Gasteiger partial charge in [-0.1, -0.05) is 0 Å². The van der Waals surface area contributed by atoms with Crippen molar-refractivity contribution >= 4 is 21.9 Å². The molecule has 0 aromatic heterocycles. The van der Waals surface area contributed by atoms with Crippen molar-refractivity contribution < 1.29 is 27.1 Å². The number of ether oxygens (including phenoxy) is 1. The van der Waals surface area contributed by atoms with Gasteiger partial charge in [0, 0.05) is 7.05 Å². The molecule has 0 saturated heterocycles. The highest BCUT2D eigenvalue weighted by molar-refractivity contribution is 7.89. The highest BCUT2D eigenvalue weighted by atomic mass is 32.2.